The van der Waals surface area contributed by atoms with Gasteiger partial charge in [-0.3, -0.25) is 0 Å². The van der Waals surface area contributed by atoms with E-state index in [2.05, 4.69) is 62.3 Å². The number of hydrogen-bond acceptors (Lipinski definition) is 8. The molecule has 1 unspecified atom stereocenters. The Hall–Kier alpha value is -4.64. The van der Waals surface area contributed by atoms with Crippen LogP contribution in [0, 0.1) is 0 Å². The van der Waals surface area contributed by atoms with Crippen molar-refractivity contribution in [1.82, 2.24) is 0 Å². The van der Waals surface area contributed by atoms with Crippen LogP contribution in [0.5, 0.6) is 34.5 Å². The van der Waals surface area contributed by atoms with Gasteiger partial charge in [0.25, 0.3) is 0 Å². The molecule has 5 aromatic carbocycles. The Morgan fingerprint density at radius 3 is 0.865 bits per heavy atom. The van der Waals surface area contributed by atoms with Gasteiger partial charge in [0, 0.05) is 6.07 Å². The topological polar surface area (TPSA) is 89.5 Å². The van der Waals surface area contributed by atoms with Gasteiger partial charge in [-0.15, -0.1) is 0 Å². The van der Waals surface area contributed by atoms with Gasteiger partial charge in [0.05, 0.1) is 0 Å². The number of para-hydroxylation sites is 1. The van der Waals surface area contributed by atoms with E-state index in [9.17, 15) is 9.13 Å². The molecule has 1 atom stereocenters. The molecule has 0 saturated heterocycles. The van der Waals surface area contributed by atoms with E-state index in [1.165, 1.54) is 6.07 Å². The quantitative estimate of drug-likeness (QED) is 0.117. The fourth-order valence-corrected chi connectivity index (χ4v) is 7.49. The molecule has 0 spiro atoms. The largest absolute Gasteiger partial charge is 0.647 e. The van der Waals surface area contributed by atoms with Gasteiger partial charge in [0.2, 0.25) is 0 Å². The van der Waals surface area contributed by atoms with E-state index in [1.807, 2.05) is 42.5 Å². The van der Waals surface area contributed by atoms with Crippen LogP contribution in [0.2, 0.25) is 0 Å². The van der Waals surface area contributed by atoms with Gasteiger partial charge in [-0.25, -0.2) is 0 Å². The highest BCUT2D eigenvalue weighted by Gasteiger charge is 2.36. The third kappa shape index (κ3) is 10.7. The summed E-state index contributed by atoms with van der Waals surface area (Å²) in [5.74, 6) is 1.30. The normalized spacial score (nSPS) is 13.4. The third-order valence-electron chi connectivity index (χ3n) is 8.01. The molecule has 10 heteroatoms. The summed E-state index contributed by atoms with van der Waals surface area (Å²) >= 11 is 0. The molecule has 274 valence electrons. The molecule has 0 aliphatic carbocycles. The summed E-state index contributed by atoms with van der Waals surface area (Å²) in [5, 5.41) is 0. The van der Waals surface area contributed by atoms with Crippen LogP contribution in [-0.4, -0.2) is 0 Å². The molecule has 52 heavy (non-hydrogen) atoms. The van der Waals surface area contributed by atoms with Crippen molar-refractivity contribution in [3.63, 3.8) is 0 Å². The highest BCUT2D eigenvalue weighted by Crippen LogP contribution is 2.53. The van der Waals surface area contributed by atoms with Gasteiger partial charge in [0.1, 0.15) is 34.5 Å². The van der Waals surface area contributed by atoms with Crippen LogP contribution in [0.25, 0.3) is 0 Å². The van der Waals surface area contributed by atoms with Gasteiger partial charge < -0.3 is 27.1 Å². The lowest BCUT2D eigenvalue weighted by Gasteiger charge is -2.23. The molecular formula is C42H48O8P2. The number of phosphoric ester groups is 2. The van der Waals surface area contributed by atoms with Crippen molar-refractivity contribution in [2.75, 3.05) is 0 Å². The zero-order valence-corrected chi connectivity index (χ0v) is 33.1. The zero-order valence-electron chi connectivity index (χ0n) is 31.3. The molecule has 5 aromatic rings. The molecule has 0 aliphatic rings. The predicted molar refractivity (Wildman–Crippen MR) is 207 cm³/mol. The average Bonchev–Trinajstić information content (AvgIpc) is 3.04. The molecule has 8 nitrogen and oxygen atoms in total. The van der Waals surface area contributed by atoms with Crippen molar-refractivity contribution in [2.45, 2.75) is 78.6 Å². The van der Waals surface area contributed by atoms with Gasteiger partial charge in [-0.05, 0) is 93.6 Å². The van der Waals surface area contributed by atoms with Crippen LogP contribution >= 0.6 is 15.6 Å². The average molecular weight is 743 g/mol. The molecule has 0 saturated carbocycles. The first-order valence-electron chi connectivity index (χ1n) is 17.1. The van der Waals surface area contributed by atoms with E-state index in [0.29, 0.717) is 17.2 Å². The predicted octanol–water partition coefficient (Wildman–Crippen LogP) is 12.9. The monoisotopic (exact) mass is 742 g/mol. The minimum absolute atomic E-state index is 0.0682. The summed E-state index contributed by atoms with van der Waals surface area (Å²) in [6.07, 6.45) is 0. The number of phosphoric acid groups is 2. The van der Waals surface area contributed by atoms with E-state index in [1.54, 1.807) is 78.9 Å². The third-order valence-corrected chi connectivity index (χ3v) is 10.6. The van der Waals surface area contributed by atoms with Crippen molar-refractivity contribution >= 4 is 15.6 Å². The Morgan fingerprint density at radius 2 is 0.577 bits per heavy atom. The van der Waals surface area contributed by atoms with Crippen LogP contribution in [0.3, 0.4) is 0 Å². The molecule has 0 N–H and O–H groups in total. The Morgan fingerprint density at radius 1 is 0.327 bits per heavy atom. The van der Waals surface area contributed by atoms with E-state index in [0.717, 1.165) is 16.7 Å². The second-order valence-corrected chi connectivity index (χ2v) is 18.4. The highest BCUT2D eigenvalue weighted by atomic mass is 31.2. The van der Waals surface area contributed by atoms with Gasteiger partial charge in [-0.1, -0.05) is 123 Å². The lowest BCUT2D eigenvalue weighted by atomic mass is 9.87. The Bertz CT molecular complexity index is 1960. The maximum Gasteiger partial charge on any atom is 0.647 e. The number of benzene rings is 5. The van der Waals surface area contributed by atoms with Crippen LogP contribution in [0.15, 0.2) is 127 Å². The highest BCUT2D eigenvalue weighted by molar-refractivity contribution is 7.50. The lowest BCUT2D eigenvalue weighted by Crippen LogP contribution is -2.12. The maximum atomic E-state index is 14.5. The summed E-state index contributed by atoms with van der Waals surface area (Å²) in [7, 11) is -8.73. The molecule has 0 radical (unpaired) electrons. The summed E-state index contributed by atoms with van der Waals surface area (Å²) in [5.41, 5.74) is 2.97. The molecule has 0 bridgehead atoms. The van der Waals surface area contributed by atoms with Gasteiger partial charge >= 0.3 is 15.6 Å². The van der Waals surface area contributed by atoms with Crippen LogP contribution in [-0.2, 0) is 25.4 Å². The van der Waals surface area contributed by atoms with Crippen LogP contribution in [0.1, 0.15) is 79.0 Å². The molecule has 0 aliphatic heterocycles. The molecule has 5 rings (SSSR count). The smallest absolute Gasteiger partial charge is 0.386 e. The van der Waals surface area contributed by atoms with E-state index < -0.39 is 15.6 Å². The molecule has 0 amide bonds. The van der Waals surface area contributed by atoms with E-state index in [4.69, 9.17) is 27.1 Å². The standard InChI is InChI=1S/C42H48O8P2/c1-40(2,3)31-18-24-35(25-19-31)46-51(43,45-34-14-11-10-12-15-34)49-38-16-13-17-39(30-38)50-52(44,47-36-26-20-32(21-27-36)41(4,5)6)48-37-28-22-33(23-29-37)42(7,8)9/h10-30H,1-9H3. The van der Waals surface area contributed by atoms with E-state index in [-0.39, 0.29) is 33.5 Å². The molecule has 0 fully saturated rings. The zero-order chi connectivity index (χ0) is 37.8. The van der Waals surface area contributed by atoms with Crippen molar-refractivity contribution in [1.29, 1.82) is 0 Å². The minimum atomic E-state index is -4.38. The second kappa shape index (κ2) is 15.1. The molecule has 0 aromatic heterocycles. The second-order valence-electron chi connectivity index (χ2n) is 15.6. The lowest BCUT2D eigenvalue weighted by molar-refractivity contribution is 0.295. The summed E-state index contributed by atoms with van der Waals surface area (Å²) in [6.45, 7) is 18.9. The SMILES string of the molecule is CC(C)(C)c1ccc(OP(=O)(Oc2ccccc2)Oc2cccc(OP(=O)(Oc3ccc(C(C)(C)C)cc3)Oc3ccc(C(C)(C)C)cc3)c2)cc1. The summed E-state index contributed by atoms with van der Waals surface area (Å²) < 4.78 is 64.4. The fourth-order valence-electron chi connectivity index (χ4n) is 5.00. The Labute approximate surface area is 308 Å². The first-order chi connectivity index (χ1) is 24.3. The number of hydrogen-bond donors (Lipinski definition) is 0. The first-order valence-corrected chi connectivity index (χ1v) is 20.1. The van der Waals surface area contributed by atoms with Gasteiger partial charge in [-0.2, -0.15) is 9.13 Å². The van der Waals surface area contributed by atoms with Gasteiger partial charge in [0.15, 0.2) is 0 Å². The van der Waals surface area contributed by atoms with Crippen molar-refractivity contribution < 1.29 is 36.3 Å². The van der Waals surface area contributed by atoms with Crippen molar-refractivity contribution in [3.8, 4) is 34.5 Å². The number of rotatable bonds is 12. The Kier molecular flexibility index (Phi) is 11.2. The first kappa shape index (κ1) is 38.6. The fraction of sp³-hybridized carbons (Fsp3) is 0.286. The Balaban J connectivity index is 1.44. The van der Waals surface area contributed by atoms with Crippen LogP contribution < -0.4 is 27.1 Å². The summed E-state index contributed by atoms with van der Waals surface area (Å²) in [4.78, 5) is 0. The van der Waals surface area contributed by atoms with Crippen molar-refractivity contribution in [3.05, 3.63) is 144 Å². The maximum absolute atomic E-state index is 14.5. The minimum Gasteiger partial charge on any atom is -0.386 e. The molecular weight excluding hydrogens is 694 g/mol. The van der Waals surface area contributed by atoms with Crippen LogP contribution in [0.4, 0.5) is 0 Å². The summed E-state index contributed by atoms with van der Waals surface area (Å²) in [6, 6.07) is 36.5. The van der Waals surface area contributed by atoms with E-state index >= 15 is 0 Å². The molecule has 0 heterocycles. The van der Waals surface area contributed by atoms with Crippen molar-refractivity contribution in [2.24, 2.45) is 0 Å².